The molecule has 26 heavy (non-hydrogen) atoms. The Morgan fingerprint density at radius 2 is 1.96 bits per heavy atom. The van der Waals surface area contributed by atoms with Crippen molar-refractivity contribution in [2.75, 3.05) is 19.5 Å². The van der Waals surface area contributed by atoms with Gasteiger partial charge in [0.25, 0.3) is 5.91 Å². The van der Waals surface area contributed by atoms with Gasteiger partial charge in [0, 0.05) is 48.0 Å². The quantitative estimate of drug-likeness (QED) is 0.655. The lowest BCUT2D eigenvalue weighted by Gasteiger charge is -2.13. The largest absolute Gasteiger partial charge is 0.487 e. The Morgan fingerprint density at radius 3 is 2.73 bits per heavy atom. The lowest BCUT2D eigenvalue weighted by Crippen LogP contribution is -2.16. The van der Waals surface area contributed by atoms with Gasteiger partial charge in [-0.3, -0.25) is 4.79 Å². The number of methoxy groups -OCH3 is 2. The van der Waals surface area contributed by atoms with E-state index in [4.69, 9.17) is 25.8 Å². The molecule has 0 spiro atoms. The predicted octanol–water partition coefficient (Wildman–Crippen LogP) is 3.85. The van der Waals surface area contributed by atoms with Gasteiger partial charge < -0.3 is 19.5 Å². The van der Waals surface area contributed by atoms with E-state index in [0.717, 1.165) is 27.9 Å². The zero-order valence-electron chi connectivity index (χ0n) is 14.5. The maximum atomic E-state index is 12.5. The summed E-state index contributed by atoms with van der Waals surface area (Å²) in [5.74, 6) is 0.424. The summed E-state index contributed by atoms with van der Waals surface area (Å²) in [7, 11) is 3.24. The second-order valence-electron chi connectivity index (χ2n) is 6.23. The normalized spacial score (nSPS) is 17.9. The van der Waals surface area contributed by atoms with Gasteiger partial charge in [0.15, 0.2) is 6.29 Å². The number of anilines is 1. The summed E-state index contributed by atoms with van der Waals surface area (Å²) in [4.78, 5) is 12.5. The van der Waals surface area contributed by atoms with Crippen molar-refractivity contribution >= 4 is 34.5 Å². The average molecular weight is 372 g/mol. The van der Waals surface area contributed by atoms with Crippen molar-refractivity contribution in [1.29, 1.82) is 0 Å². The van der Waals surface area contributed by atoms with Crippen LogP contribution in [0.3, 0.4) is 0 Å². The zero-order chi connectivity index (χ0) is 18.3. The summed E-state index contributed by atoms with van der Waals surface area (Å²) in [6.07, 6.45) is 0.355. The summed E-state index contributed by atoms with van der Waals surface area (Å²) >= 11 is 6.11. The molecule has 0 fully saturated rings. The zero-order valence-corrected chi connectivity index (χ0v) is 15.2. The smallest absolute Gasteiger partial charge is 0.260 e. The second kappa shape index (κ2) is 6.76. The maximum Gasteiger partial charge on any atom is 0.260 e. The molecule has 6 heteroatoms. The van der Waals surface area contributed by atoms with Gasteiger partial charge in [-0.05, 0) is 23.8 Å². The molecule has 4 rings (SSSR count). The molecule has 0 bridgehead atoms. The fourth-order valence-corrected chi connectivity index (χ4v) is 3.54. The van der Waals surface area contributed by atoms with Crippen molar-refractivity contribution < 1.29 is 19.0 Å². The molecule has 0 saturated heterocycles. The number of ether oxygens (including phenoxy) is 3. The van der Waals surface area contributed by atoms with Gasteiger partial charge in [-0.15, -0.1) is 0 Å². The number of amides is 1. The van der Waals surface area contributed by atoms with E-state index in [-0.39, 0.29) is 12.2 Å². The van der Waals surface area contributed by atoms with Crippen LogP contribution in [0.2, 0.25) is 5.02 Å². The van der Waals surface area contributed by atoms with Crippen LogP contribution in [0.25, 0.3) is 11.3 Å². The number of benzene rings is 2. The second-order valence-corrected chi connectivity index (χ2v) is 6.67. The Morgan fingerprint density at radius 1 is 1.15 bits per heavy atom. The highest BCUT2D eigenvalue weighted by Gasteiger charge is 2.32. The molecule has 0 saturated carbocycles. The molecule has 0 aromatic heterocycles. The first-order valence-corrected chi connectivity index (χ1v) is 8.64. The molecule has 0 aliphatic carbocycles. The molecule has 2 aliphatic rings. The minimum Gasteiger partial charge on any atom is -0.487 e. The van der Waals surface area contributed by atoms with Crippen molar-refractivity contribution in [3.05, 3.63) is 63.7 Å². The molecule has 2 aromatic rings. The van der Waals surface area contributed by atoms with E-state index in [1.165, 1.54) is 0 Å². The highest BCUT2D eigenvalue weighted by atomic mass is 35.5. The first-order chi connectivity index (χ1) is 12.6. The molecule has 0 radical (unpaired) electrons. The van der Waals surface area contributed by atoms with Crippen LogP contribution in [0, 0.1) is 0 Å². The molecule has 1 N–H and O–H groups in total. The number of hydrogen-bond acceptors (Lipinski definition) is 4. The van der Waals surface area contributed by atoms with Gasteiger partial charge in [0.1, 0.15) is 12.4 Å². The number of hydrogen-bond donors (Lipinski definition) is 1. The lowest BCUT2D eigenvalue weighted by atomic mass is 9.98. The average Bonchev–Trinajstić information content (AvgIpc) is 3.18. The van der Waals surface area contributed by atoms with Crippen molar-refractivity contribution in [3.63, 3.8) is 0 Å². The van der Waals surface area contributed by atoms with Crippen LogP contribution in [0.4, 0.5) is 5.69 Å². The highest BCUT2D eigenvalue weighted by Crippen LogP contribution is 2.42. The van der Waals surface area contributed by atoms with Crippen molar-refractivity contribution in [1.82, 2.24) is 0 Å². The number of halogens is 1. The molecule has 2 heterocycles. The van der Waals surface area contributed by atoms with Crippen molar-refractivity contribution in [2.45, 2.75) is 19.3 Å². The summed E-state index contributed by atoms with van der Waals surface area (Å²) in [5.41, 5.74) is 5.11. The molecular formula is C20H18ClNO4. The number of carbonyl (C=O) groups excluding carboxylic acids is 1. The van der Waals surface area contributed by atoms with E-state index >= 15 is 0 Å². The van der Waals surface area contributed by atoms with Crippen LogP contribution in [0.5, 0.6) is 0 Å². The van der Waals surface area contributed by atoms with Gasteiger partial charge in [-0.25, -0.2) is 0 Å². The highest BCUT2D eigenvalue weighted by molar-refractivity contribution is 6.37. The van der Waals surface area contributed by atoms with Gasteiger partial charge in [0.05, 0.1) is 5.57 Å². The Hall–Kier alpha value is -2.34. The van der Waals surface area contributed by atoms with Crippen LogP contribution in [0.15, 0.2) is 36.4 Å². The monoisotopic (exact) mass is 371 g/mol. The number of rotatable bonds is 4. The molecular weight excluding hydrogens is 354 g/mol. The Kier molecular flexibility index (Phi) is 4.44. The Bertz CT molecular complexity index is 918. The van der Waals surface area contributed by atoms with Crippen molar-refractivity contribution in [3.8, 4) is 0 Å². The fourth-order valence-electron chi connectivity index (χ4n) is 3.37. The van der Waals surface area contributed by atoms with Crippen LogP contribution in [-0.2, 0) is 32.0 Å². The minimum atomic E-state index is -0.289. The van der Waals surface area contributed by atoms with Crippen LogP contribution in [-0.4, -0.2) is 26.4 Å². The van der Waals surface area contributed by atoms with E-state index in [1.807, 2.05) is 12.1 Å². The third-order valence-corrected chi connectivity index (χ3v) is 4.90. The number of nitrogens with one attached hydrogen (secondary N) is 1. The summed E-state index contributed by atoms with van der Waals surface area (Å²) in [5, 5.41) is 3.45. The van der Waals surface area contributed by atoms with E-state index < -0.39 is 0 Å². The van der Waals surface area contributed by atoms with E-state index in [2.05, 4.69) is 11.4 Å². The maximum absolute atomic E-state index is 12.5. The van der Waals surface area contributed by atoms with Gasteiger partial charge in [0.2, 0.25) is 0 Å². The van der Waals surface area contributed by atoms with Crippen LogP contribution < -0.4 is 5.32 Å². The molecule has 134 valence electrons. The summed E-state index contributed by atoms with van der Waals surface area (Å²) in [6, 6.07) is 11.4. The minimum absolute atomic E-state index is 0.173. The van der Waals surface area contributed by atoms with Gasteiger partial charge in [-0.1, -0.05) is 29.8 Å². The Labute approximate surface area is 156 Å². The standard InChI is InChI=1S/C20H18ClNO4/c1-24-17(25-2)8-11-3-5-14-12(7-11)10-26-19(14)18-15-9-13(21)4-6-16(15)22-20(18)23/h3-7,9,17H,8,10H2,1-2H3,(H,22,23). The van der Waals surface area contributed by atoms with E-state index in [9.17, 15) is 4.79 Å². The topological polar surface area (TPSA) is 56.8 Å². The third kappa shape index (κ3) is 2.88. The number of carbonyl (C=O) groups is 1. The molecule has 5 nitrogen and oxygen atoms in total. The molecule has 0 unspecified atom stereocenters. The van der Waals surface area contributed by atoms with Gasteiger partial charge in [-0.2, -0.15) is 0 Å². The van der Waals surface area contributed by atoms with E-state index in [0.29, 0.717) is 29.4 Å². The molecule has 0 atom stereocenters. The summed E-state index contributed by atoms with van der Waals surface area (Å²) < 4.78 is 16.4. The molecule has 1 amide bonds. The summed E-state index contributed by atoms with van der Waals surface area (Å²) in [6.45, 7) is 0.426. The van der Waals surface area contributed by atoms with Gasteiger partial charge >= 0.3 is 0 Å². The third-order valence-electron chi connectivity index (χ3n) is 4.67. The van der Waals surface area contributed by atoms with Crippen LogP contribution >= 0.6 is 11.6 Å². The van der Waals surface area contributed by atoms with Crippen LogP contribution in [0.1, 0.15) is 22.3 Å². The molecule has 2 aliphatic heterocycles. The first kappa shape index (κ1) is 17.1. The molecule has 2 aromatic carbocycles. The number of fused-ring (bicyclic) bond motifs is 2. The first-order valence-electron chi connectivity index (χ1n) is 8.27. The lowest BCUT2D eigenvalue weighted by molar-refractivity contribution is -0.110. The fraction of sp³-hybridized carbons (Fsp3) is 0.250. The Balaban J connectivity index is 1.74. The predicted molar refractivity (Wildman–Crippen MR) is 99.6 cm³/mol. The van der Waals surface area contributed by atoms with E-state index in [1.54, 1.807) is 32.4 Å². The SMILES string of the molecule is COC(Cc1ccc2c(c1)COC2=C1C(=O)Nc2ccc(Cl)cc21)OC. The van der Waals surface area contributed by atoms with Crippen molar-refractivity contribution in [2.24, 2.45) is 0 Å².